The van der Waals surface area contributed by atoms with Gasteiger partial charge in [0.15, 0.2) is 0 Å². The van der Waals surface area contributed by atoms with Gasteiger partial charge in [0.1, 0.15) is 4.60 Å². The van der Waals surface area contributed by atoms with E-state index in [1.807, 2.05) is 18.2 Å². The molecule has 0 bridgehead atoms. The Hall–Kier alpha value is -0.710. The summed E-state index contributed by atoms with van der Waals surface area (Å²) in [6.45, 7) is 1.70. The summed E-state index contributed by atoms with van der Waals surface area (Å²) >= 11 is 5.08. The summed E-state index contributed by atoms with van der Waals surface area (Å²) in [6, 6.07) is 8.08. The van der Waals surface area contributed by atoms with E-state index < -0.39 is 0 Å². The van der Waals surface area contributed by atoms with Crippen molar-refractivity contribution in [2.45, 2.75) is 13.1 Å². The number of nitrogens with one attached hydrogen (secondary N) is 1. The van der Waals surface area contributed by atoms with Crippen LogP contribution in [0, 0.1) is 0 Å². The molecule has 0 saturated heterocycles. The number of pyridine rings is 1. The average molecular weight is 283 g/mol. The fourth-order valence-electron chi connectivity index (χ4n) is 1.28. The van der Waals surface area contributed by atoms with Crippen molar-refractivity contribution in [3.63, 3.8) is 0 Å². The maximum Gasteiger partial charge on any atom is 0.106 e. The van der Waals surface area contributed by atoms with Crippen molar-refractivity contribution >= 4 is 27.3 Å². The standard InChI is InChI=1S/C11H11BrN2S/c12-11-3-1-2-10(14-11)7-13-6-9-4-5-15-8-9/h1-5,8,13H,6-7H2. The van der Waals surface area contributed by atoms with Gasteiger partial charge in [-0.2, -0.15) is 11.3 Å². The van der Waals surface area contributed by atoms with Crippen LogP contribution in [-0.2, 0) is 13.1 Å². The molecule has 0 radical (unpaired) electrons. The number of aromatic nitrogens is 1. The Labute approximate surface area is 101 Å². The van der Waals surface area contributed by atoms with E-state index in [0.29, 0.717) is 0 Å². The maximum atomic E-state index is 4.35. The summed E-state index contributed by atoms with van der Waals surface area (Å²) < 4.78 is 0.886. The maximum absolute atomic E-state index is 4.35. The number of hydrogen-bond donors (Lipinski definition) is 1. The Morgan fingerprint density at radius 3 is 2.93 bits per heavy atom. The van der Waals surface area contributed by atoms with Gasteiger partial charge in [0.25, 0.3) is 0 Å². The van der Waals surface area contributed by atoms with Crippen molar-refractivity contribution in [2.24, 2.45) is 0 Å². The minimum atomic E-state index is 0.801. The first kappa shape index (κ1) is 10.8. The second-order valence-corrected chi connectivity index (χ2v) is 4.78. The number of hydrogen-bond acceptors (Lipinski definition) is 3. The number of thiophene rings is 1. The monoisotopic (exact) mass is 282 g/mol. The van der Waals surface area contributed by atoms with E-state index in [9.17, 15) is 0 Å². The highest BCUT2D eigenvalue weighted by Crippen LogP contribution is 2.07. The van der Waals surface area contributed by atoms with Gasteiger partial charge in [-0.1, -0.05) is 6.07 Å². The van der Waals surface area contributed by atoms with Crippen LogP contribution in [0.1, 0.15) is 11.3 Å². The summed E-state index contributed by atoms with van der Waals surface area (Å²) in [5, 5.41) is 7.60. The molecule has 78 valence electrons. The molecule has 0 fully saturated rings. The third-order valence-corrected chi connectivity index (χ3v) is 3.16. The van der Waals surface area contributed by atoms with Gasteiger partial charge in [-0.05, 0) is 50.5 Å². The highest BCUT2D eigenvalue weighted by atomic mass is 79.9. The molecule has 15 heavy (non-hydrogen) atoms. The van der Waals surface area contributed by atoms with Gasteiger partial charge in [0, 0.05) is 13.1 Å². The first-order valence-corrected chi connectivity index (χ1v) is 6.41. The van der Waals surface area contributed by atoms with E-state index in [1.165, 1.54) is 5.56 Å². The van der Waals surface area contributed by atoms with E-state index in [1.54, 1.807) is 11.3 Å². The van der Waals surface area contributed by atoms with Crippen LogP contribution in [0.2, 0.25) is 0 Å². The van der Waals surface area contributed by atoms with Gasteiger partial charge >= 0.3 is 0 Å². The van der Waals surface area contributed by atoms with E-state index in [4.69, 9.17) is 0 Å². The van der Waals surface area contributed by atoms with Crippen LogP contribution < -0.4 is 5.32 Å². The second-order valence-electron chi connectivity index (χ2n) is 3.19. The molecule has 2 rings (SSSR count). The fraction of sp³-hybridized carbons (Fsp3) is 0.182. The van der Waals surface area contributed by atoms with Crippen molar-refractivity contribution in [1.29, 1.82) is 0 Å². The van der Waals surface area contributed by atoms with Crippen molar-refractivity contribution in [1.82, 2.24) is 10.3 Å². The Bertz CT molecular complexity index is 414. The topological polar surface area (TPSA) is 24.9 Å². The lowest BCUT2D eigenvalue weighted by atomic mass is 10.3. The molecule has 2 aromatic rings. The Morgan fingerprint density at radius 2 is 2.20 bits per heavy atom. The normalized spacial score (nSPS) is 10.5. The third-order valence-electron chi connectivity index (χ3n) is 1.99. The zero-order valence-electron chi connectivity index (χ0n) is 8.11. The minimum Gasteiger partial charge on any atom is -0.307 e. The van der Waals surface area contributed by atoms with Crippen molar-refractivity contribution < 1.29 is 0 Å². The molecule has 0 saturated carbocycles. The summed E-state index contributed by atoms with van der Waals surface area (Å²) in [5.41, 5.74) is 2.38. The summed E-state index contributed by atoms with van der Waals surface area (Å²) in [5.74, 6) is 0. The smallest absolute Gasteiger partial charge is 0.106 e. The molecule has 2 nitrogen and oxygen atoms in total. The molecule has 0 aliphatic carbocycles. The van der Waals surface area contributed by atoms with E-state index in [2.05, 4.69) is 43.1 Å². The lowest BCUT2D eigenvalue weighted by molar-refractivity contribution is 0.680. The molecule has 0 atom stereocenters. The number of rotatable bonds is 4. The Balaban J connectivity index is 1.83. The zero-order chi connectivity index (χ0) is 10.5. The van der Waals surface area contributed by atoms with Crippen molar-refractivity contribution in [2.75, 3.05) is 0 Å². The molecule has 0 aliphatic heterocycles. The molecule has 2 aromatic heterocycles. The van der Waals surface area contributed by atoms with Crippen molar-refractivity contribution in [3.8, 4) is 0 Å². The lowest BCUT2D eigenvalue weighted by Crippen LogP contribution is -2.13. The Morgan fingerprint density at radius 1 is 1.27 bits per heavy atom. The minimum absolute atomic E-state index is 0.801. The molecule has 4 heteroatoms. The summed E-state index contributed by atoms with van der Waals surface area (Å²) in [4.78, 5) is 4.35. The lowest BCUT2D eigenvalue weighted by Gasteiger charge is -2.02. The first-order chi connectivity index (χ1) is 7.34. The van der Waals surface area contributed by atoms with Gasteiger partial charge in [0.05, 0.1) is 5.69 Å². The highest BCUT2D eigenvalue weighted by Gasteiger charge is 1.96. The van der Waals surface area contributed by atoms with Crippen LogP contribution in [0.4, 0.5) is 0 Å². The summed E-state index contributed by atoms with van der Waals surface area (Å²) in [6.07, 6.45) is 0. The summed E-state index contributed by atoms with van der Waals surface area (Å²) in [7, 11) is 0. The average Bonchev–Trinajstić information content (AvgIpc) is 2.71. The highest BCUT2D eigenvalue weighted by molar-refractivity contribution is 9.10. The molecular weight excluding hydrogens is 272 g/mol. The van der Waals surface area contributed by atoms with Gasteiger partial charge in [-0.15, -0.1) is 0 Å². The van der Waals surface area contributed by atoms with Crippen LogP contribution in [0.3, 0.4) is 0 Å². The van der Waals surface area contributed by atoms with Crippen LogP contribution >= 0.6 is 27.3 Å². The molecule has 1 N–H and O–H groups in total. The van der Waals surface area contributed by atoms with Gasteiger partial charge < -0.3 is 5.32 Å². The van der Waals surface area contributed by atoms with Crippen LogP contribution in [-0.4, -0.2) is 4.98 Å². The van der Waals surface area contributed by atoms with Gasteiger partial charge in [-0.25, -0.2) is 4.98 Å². The van der Waals surface area contributed by atoms with E-state index >= 15 is 0 Å². The SMILES string of the molecule is Brc1cccc(CNCc2ccsc2)n1. The van der Waals surface area contributed by atoms with E-state index in [-0.39, 0.29) is 0 Å². The Kier molecular flexibility index (Phi) is 3.88. The largest absolute Gasteiger partial charge is 0.307 e. The van der Waals surface area contributed by atoms with Crippen LogP contribution in [0.15, 0.2) is 39.6 Å². The van der Waals surface area contributed by atoms with Gasteiger partial charge in [0.2, 0.25) is 0 Å². The molecular formula is C11H11BrN2S. The molecule has 2 heterocycles. The van der Waals surface area contributed by atoms with Gasteiger partial charge in [-0.3, -0.25) is 0 Å². The first-order valence-electron chi connectivity index (χ1n) is 4.68. The predicted molar refractivity (Wildman–Crippen MR) is 66.8 cm³/mol. The predicted octanol–water partition coefficient (Wildman–Crippen LogP) is 3.20. The number of halogens is 1. The number of nitrogens with zero attached hydrogens (tertiary/aromatic N) is 1. The molecule has 0 amide bonds. The quantitative estimate of drug-likeness (QED) is 0.872. The fourth-order valence-corrected chi connectivity index (χ4v) is 2.33. The molecule has 0 aromatic carbocycles. The van der Waals surface area contributed by atoms with Crippen LogP contribution in [0.25, 0.3) is 0 Å². The van der Waals surface area contributed by atoms with E-state index in [0.717, 1.165) is 23.4 Å². The van der Waals surface area contributed by atoms with Crippen LogP contribution in [0.5, 0.6) is 0 Å². The van der Waals surface area contributed by atoms with Crippen molar-refractivity contribution in [3.05, 3.63) is 50.9 Å². The molecule has 0 unspecified atom stereocenters. The second kappa shape index (κ2) is 5.39. The third kappa shape index (κ3) is 3.41. The zero-order valence-corrected chi connectivity index (χ0v) is 10.5. The molecule has 0 spiro atoms. The molecule has 0 aliphatic rings.